The van der Waals surface area contributed by atoms with Crippen molar-refractivity contribution in [1.29, 1.82) is 0 Å². The third-order valence-electron chi connectivity index (χ3n) is 6.45. The molecule has 3 heteroatoms. The van der Waals surface area contributed by atoms with Crippen molar-refractivity contribution in [2.75, 3.05) is 13.7 Å². The number of rotatable bonds is 4. The van der Waals surface area contributed by atoms with Crippen LogP contribution in [0.25, 0.3) is 0 Å². The van der Waals surface area contributed by atoms with E-state index in [-0.39, 0.29) is 11.3 Å². The molecule has 0 spiro atoms. The van der Waals surface area contributed by atoms with E-state index in [9.17, 15) is 4.79 Å². The van der Waals surface area contributed by atoms with Crippen LogP contribution in [0, 0.1) is 17.8 Å². The fourth-order valence-corrected chi connectivity index (χ4v) is 4.85. The molecule has 2 unspecified atom stereocenters. The Morgan fingerprint density at radius 1 is 1.45 bits per heavy atom. The average molecular weight is 301 g/mol. The molecule has 1 saturated carbocycles. The van der Waals surface area contributed by atoms with Crippen LogP contribution in [0.5, 0.6) is 0 Å². The summed E-state index contributed by atoms with van der Waals surface area (Å²) in [5, 5.41) is 0. The van der Waals surface area contributed by atoms with Gasteiger partial charge in [0.15, 0.2) is 0 Å². The highest BCUT2D eigenvalue weighted by atomic mass is 16.5. The molecule has 4 atom stereocenters. The van der Waals surface area contributed by atoms with E-state index in [1.807, 2.05) is 6.07 Å². The number of carbonyl (C=O) groups is 1. The lowest BCUT2D eigenvalue weighted by atomic mass is 9.51. The van der Waals surface area contributed by atoms with Crippen LogP contribution in [0.2, 0.25) is 0 Å². The molecule has 1 aromatic carbocycles. The molecule has 1 aromatic rings. The summed E-state index contributed by atoms with van der Waals surface area (Å²) in [6.07, 6.45) is 4.74. The number of fused-ring (bicyclic) bond motifs is 4. The summed E-state index contributed by atoms with van der Waals surface area (Å²) >= 11 is 0. The maximum Gasteiger partial charge on any atom is 0.248 e. The van der Waals surface area contributed by atoms with E-state index in [2.05, 4.69) is 26.0 Å². The second-order valence-corrected chi connectivity index (χ2v) is 7.39. The highest BCUT2D eigenvalue weighted by Gasteiger charge is 2.48. The summed E-state index contributed by atoms with van der Waals surface area (Å²) in [5.74, 6) is 1.79. The lowest BCUT2D eigenvalue weighted by Gasteiger charge is -2.53. The molecule has 2 N–H and O–H groups in total. The Morgan fingerprint density at radius 2 is 2.23 bits per heavy atom. The van der Waals surface area contributed by atoms with Crippen LogP contribution in [0.3, 0.4) is 0 Å². The summed E-state index contributed by atoms with van der Waals surface area (Å²) < 4.78 is 5.30. The first kappa shape index (κ1) is 15.5. The van der Waals surface area contributed by atoms with E-state index in [0.717, 1.165) is 31.3 Å². The van der Waals surface area contributed by atoms with Gasteiger partial charge in [-0.15, -0.1) is 0 Å². The van der Waals surface area contributed by atoms with Gasteiger partial charge < -0.3 is 10.5 Å². The Morgan fingerprint density at radius 3 is 2.91 bits per heavy atom. The highest BCUT2D eigenvalue weighted by Crippen LogP contribution is 2.54. The molecule has 22 heavy (non-hydrogen) atoms. The first-order valence-corrected chi connectivity index (χ1v) is 8.39. The number of amides is 1. The molecule has 0 radical (unpaired) electrons. The summed E-state index contributed by atoms with van der Waals surface area (Å²) in [7, 11) is 1.79. The summed E-state index contributed by atoms with van der Waals surface area (Å²) in [6.45, 7) is 5.63. The Kier molecular flexibility index (Phi) is 4.02. The van der Waals surface area contributed by atoms with E-state index < -0.39 is 0 Å². The van der Waals surface area contributed by atoms with Crippen molar-refractivity contribution in [3.63, 3.8) is 0 Å². The molecule has 1 fully saturated rings. The van der Waals surface area contributed by atoms with Gasteiger partial charge >= 0.3 is 0 Å². The third-order valence-corrected chi connectivity index (χ3v) is 6.45. The molecular weight excluding hydrogens is 274 g/mol. The van der Waals surface area contributed by atoms with Gasteiger partial charge in [-0.3, -0.25) is 4.79 Å². The van der Waals surface area contributed by atoms with Crippen LogP contribution in [-0.2, 0) is 16.6 Å². The minimum atomic E-state index is -0.324. The first-order chi connectivity index (χ1) is 10.5. The molecule has 0 saturated heterocycles. The van der Waals surface area contributed by atoms with Crippen molar-refractivity contribution in [2.45, 2.75) is 44.9 Å². The van der Waals surface area contributed by atoms with E-state index in [0.29, 0.717) is 11.5 Å². The van der Waals surface area contributed by atoms with Gasteiger partial charge in [-0.2, -0.15) is 0 Å². The lowest BCUT2D eigenvalue weighted by Crippen LogP contribution is -2.48. The fraction of sp³-hybridized carbons (Fsp3) is 0.632. The van der Waals surface area contributed by atoms with Crippen molar-refractivity contribution < 1.29 is 9.53 Å². The number of primary amides is 1. The second-order valence-electron chi connectivity index (χ2n) is 7.39. The molecule has 2 aliphatic rings. The number of methoxy groups -OCH3 is 1. The molecule has 2 aliphatic carbocycles. The average Bonchev–Trinajstić information content (AvgIpc) is 2.49. The molecule has 3 rings (SSSR count). The number of benzene rings is 1. The van der Waals surface area contributed by atoms with Gasteiger partial charge in [0.1, 0.15) is 0 Å². The predicted molar refractivity (Wildman–Crippen MR) is 87.9 cm³/mol. The molecule has 0 aliphatic heterocycles. The molecule has 0 heterocycles. The molecule has 0 aromatic heterocycles. The SMILES string of the molecule is COCCC1CCC2(C)c3cc(C(N)=O)ccc3C[C@@H]1[C@@H]2C. The van der Waals surface area contributed by atoms with E-state index in [4.69, 9.17) is 10.5 Å². The Hall–Kier alpha value is -1.35. The number of carbonyl (C=O) groups excluding carboxylic acids is 1. The Balaban J connectivity index is 1.97. The first-order valence-electron chi connectivity index (χ1n) is 8.39. The van der Waals surface area contributed by atoms with Gasteiger partial charge in [-0.1, -0.05) is 19.9 Å². The van der Waals surface area contributed by atoms with Gasteiger partial charge in [0.25, 0.3) is 0 Å². The summed E-state index contributed by atoms with van der Waals surface area (Å²) in [5.41, 5.74) is 9.07. The zero-order chi connectivity index (χ0) is 15.9. The maximum atomic E-state index is 11.5. The number of nitrogens with two attached hydrogens (primary N) is 1. The van der Waals surface area contributed by atoms with Gasteiger partial charge in [0, 0.05) is 19.3 Å². The van der Waals surface area contributed by atoms with Gasteiger partial charge in [-0.25, -0.2) is 0 Å². The fourth-order valence-electron chi connectivity index (χ4n) is 4.85. The normalized spacial score (nSPS) is 33.3. The Bertz CT molecular complexity index is 583. The van der Waals surface area contributed by atoms with Crippen LogP contribution in [0.1, 0.15) is 54.6 Å². The van der Waals surface area contributed by atoms with Crippen LogP contribution in [-0.4, -0.2) is 19.6 Å². The number of ether oxygens (including phenoxy) is 1. The van der Waals surface area contributed by atoms with E-state index >= 15 is 0 Å². The van der Waals surface area contributed by atoms with Crippen LogP contribution < -0.4 is 5.73 Å². The smallest absolute Gasteiger partial charge is 0.248 e. The topological polar surface area (TPSA) is 52.3 Å². The van der Waals surface area contributed by atoms with Gasteiger partial charge in [-0.05, 0) is 72.1 Å². The number of hydrogen-bond acceptors (Lipinski definition) is 2. The van der Waals surface area contributed by atoms with Crippen molar-refractivity contribution in [2.24, 2.45) is 23.5 Å². The van der Waals surface area contributed by atoms with E-state index in [1.54, 1.807) is 7.11 Å². The van der Waals surface area contributed by atoms with Crippen molar-refractivity contribution in [3.05, 3.63) is 34.9 Å². The van der Waals surface area contributed by atoms with Crippen molar-refractivity contribution in [3.8, 4) is 0 Å². The monoisotopic (exact) mass is 301 g/mol. The largest absolute Gasteiger partial charge is 0.385 e. The molecule has 2 bridgehead atoms. The van der Waals surface area contributed by atoms with E-state index in [1.165, 1.54) is 24.0 Å². The summed E-state index contributed by atoms with van der Waals surface area (Å²) in [4.78, 5) is 11.5. The lowest BCUT2D eigenvalue weighted by molar-refractivity contribution is 0.0466. The predicted octanol–water partition coefficient (Wildman–Crippen LogP) is 3.30. The van der Waals surface area contributed by atoms with Crippen LogP contribution >= 0.6 is 0 Å². The standard InChI is InChI=1S/C19H27NO2/c1-12-16-10-14-4-5-15(18(20)21)11-17(14)19(12,2)8-6-13(16)7-9-22-3/h4-5,11-13,16H,6-10H2,1-3H3,(H2,20,21)/t12-,13?,16+,19?/m0/s1. The highest BCUT2D eigenvalue weighted by molar-refractivity contribution is 5.93. The third kappa shape index (κ3) is 2.36. The van der Waals surface area contributed by atoms with Crippen LogP contribution in [0.4, 0.5) is 0 Å². The quantitative estimate of drug-likeness (QED) is 0.927. The molecule has 1 amide bonds. The second kappa shape index (κ2) is 5.69. The van der Waals surface area contributed by atoms with Crippen molar-refractivity contribution >= 4 is 5.91 Å². The number of hydrogen-bond donors (Lipinski definition) is 1. The zero-order valence-corrected chi connectivity index (χ0v) is 13.9. The van der Waals surface area contributed by atoms with Gasteiger partial charge in [0.05, 0.1) is 0 Å². The van der Waals surface area contributed by atoms with Crippen molar-refractivity contribution in [1.82, 2.24) is 0 Å². The minimum absolute atomic E-state index is 0.174. The minimum Gasteiger partial charge on any atom is -0.385 e. The molecule has 3 nitrogen and oxygen atoms in total. The zero-order valence-electron chi connectivity index (χ0n) is 13.9. The van der Waals surface area contributed by atoms with Gasteiger partial charge in [0.2, 0.25) is 5.91 Å². The Labute approximate surface area is 133 Å². The summed E-state index contributed by atoms with van der Waals surface area (Å²) in [6, 6.07) is 6.07. The molecule has 120 valence electrons. The molecular formula is C19H27NO2. The maximum absolute atomic E-state index is 11.5. The van der Waals surface area contributed by atoms with Crippen LogP contribution in [0.15, 0.2) is 18.2 Å².